The van der Waals surface area contributed by atoms with Gasteiger partial charge >= 0.3 is 35.6 Å². The standard InChI is InChI=1S/C66H67F3NO16P3/c67-66(68,69)65(71)70-41-42-75-59-60(76-43-51-25-9-1-10-26-51)63(85-88(73,80-47-55-33-17-5-18-34-55)81-48-56-35-19-6-20-36-56)64(86-89(74,82-49-57-37-21-7-22-38-57)83-50-58-39-23-8-24-40-58)61(77-44-52-27-11-2-12-28-52)62(59)84-87(72,78-45-53-29-13-3-14-30-53)79-46-54-31-15-4-16-32-54/h1-40,59-64H,41-50H2,(H,70,71)/t59-,60+,61+,62-,63-,64-/m0/s1. The fourth-order valence-electron chi connectivity index (χ4n) is 9.15. The van der Waals surface area contributed by atoms with Crippen LogP contribution in [-0.4, -0.2) is 61.9 Å². The lowest BCUT2D eigenvalue weighted by atomic mass is 9.84. The highest BCUT2D eigenvalue weighted by Crippen LogP contribution is 2.60. The number of carbonyl (C=O) groups is 1. The molecular formula is C66H67F3NO16P3. The van der Waals surface area contributed by atoms with E-state index in [4.69, 9.17) is 54.9 Å². The second-order valence-corrected chi connectivity index (χ2v) is 25.1. The number of halogens is 3. The number of hydrogen-bond donors (Lipinski definition) is 1. The summed E-state index contributed by atoms with van der Waals surface area (Å²) in [5, 5.41) is 1.83. The first-order chi connectivity index (χ1) is 43.2. The molecule has 0 spiro atoms. The van der Waals surface area contributed by atoms with Gasteiger partial charge in [-0.1, -0.05) is 243 Å². The van der Waals surface area contributed by atoms with Crippen molar-refractivity contribution in [1.82, 2.24) is 5.32 Å². The topological polar surface area (TPSA) is 191 Å². The van der Waals surface area contributed by atoms with E-state index in [0.717, 1.165) is 0 Å². The molecule has 1 fully saturated rings. The second-order valence-electron chi connectivity index (χ2n) is 20.2. The third kappa shape index (κ3) is 21.2. The number of hydrogen-bond acceptors (Lipinski definition) is 16. The monoisotopic (exact) mass is 1280 g/mol. The van der Waals surface area contributed by atoms with Crippen molar-refractivity contribution >= 4 is 29.4 Å². The minimum Gasteiger partial charge on any atom is -0.371 e. The summed E-state index contributed by atoms with van der Waals surface area (Å²) in [7, 11) is -15.3. The van der Waals surface area contributed by atoms with E-state index in [2.05, 4.69) is 0 Å². The molecular weight excluding hydrogens is 1210 g/mol. The van der Waals surface area contributed by atoms with Crippen LogP contribution in [0.4, 0.5) is 13.2 Å². The van der Waals surface area contributed by atoms with Crippen LogP contribution < -0.4 is 5.32 Å². The highest BCUT2D eigenvalue weighted by molar-refractivity contribution is 7.49. The van der Waals surface area contributed by atoms with Gasteiger partial charge in [-0.15, -0.1) is 0 Å². The molecule has 0 radical (unpaired) electrons. The van der Waals surface area contributed by atoms with Crippen molar-refractivity contribution in [1.29, 1.82) is 0 Å². The molecule has 1 aliphatic rings. The van der Waals surface area contributed by atoms with Gasteiger partial charge in [0, 0.05) is 6.54 Å². The van der Waals surface area contributed by atoms with E-state index in [-0.39, 0.29) is 52.9 Å². The molecule has 1 amide bonds. The van der Waals surface area contributed by atoms with Crippen LogP contribution in [0.2, 0.25) is 0 Å². The number of nitrogens with one attached hydrogen (secondary N) is 1. The van der Waals surface area contributed by atoms with Crippen molar-refractivity contribution < 1.29 is 86.6 Å². The van der Waals surface area contributed by atoms with Crippen LogP contribution in [0.5, 0.6) is 0 Å². The van der Waals surface area contributed by atoms with E-state index in [9.17, 15) is 18.0 Å². The molecule has 23 heteroatoms. The molecule has 89 heavy (non-hydrogen) atoms. The number of alkyl halides is 3. The van der Waals surface area contributed by atoms with Crippen molar-refractivity contribution in [3.05, 3.63) is 287 Å². The van der Waals surface area contributed by atoms with Gasteiger partial charge in [-0.05, 0) is 44.5 Å². The van der Waals surface area contributed by atoms with E-state index in [0.29, 0.717) is 44.5 Å². The molecule has 0 saturated heterocycles. The van der Waals surface area contributed by atoms with E-state index in [1.165, 1.54) is 0 Å². The number of benzene rings is 8. The molecule has 8 aromatic carbocycles. The lowest BCUT2D eigenvalue weighted by Crippen LogP contribution is -2.67. The molecule has 468 valence electrons. The van der Waals surface area contributed by atoms with Crippen molar-refractivity contribution in [3.63, 3.8) is 0 Å². The van der Waals surface area contributed by atoms with Gasteiger partial charge in [0.15, 0.2) is 0 Å². The number of amides is 1. The van der Waals surface area contributed by atoms with Crippen LogP contribution in [-0.2, 0) is 126 Å². The van der Waals surface area contributed by atoms with Crippen LogP contribution in [0.15, 0.2) is 243 Å². The second kappa shape index (κ2) is 33.3. The van der Waals surface area contributed by atoms with Crippen molar-refractivity contribution in [2.75, 3.05) is 13.2 Å². The number of phosphoric acid groups is 3. The summed E-state index contributed by atoms with van der Waals surface area (Å²) in [4.78, 5) is 12.4. The van der Waals surface area contributed by atoms with Gasteiger partial charge in [0.25, 0.3) is 0 Å². The summed E-state index contributed by atoms with van der Waals surface area (Å²) in [6.07, 6.45) is -16.7. The molecule has 6 atom stereocenters. The maximum absolute atomic E-state index is 16.2. The first-order valence-electron chi connectivity index (χ1n) is 28.4. The van der Waals surface area contributed by atoms with Crippen LogP contribution in [0, 0.1) is 0 Å². The van der Waals surface area contributed by atoms with Gasteiger partial charge in [0.2, 0.25) is 0 Å². The average molecular weight is 1280 g/mol. The van der Waals surface area contributed by atoms with Gasteiger partial charge in [0.05, 0.1) is 59.5 Å². The SMILES string of the molecule is O=C(NCCO[C@H]1[C@@H](OCc2ccccc2)[C@H](OP(=O)(OCc2ccccc2)OCc2ccccc2)[C@@H](OP(=O)(OCc2ccccc2)OCc2ccccc2)[C@H](OCc2ccccc2)[C@H]1OP(=O)(OCc1ccccc1)OCc1ccccc1)C(F)(F)F. The Hall–Kier alpha value is -6.77. The quantitative estimate of drug-likeness (QED) is 0.0296. The molecule has 0 unspecified atom stereocenters. The van der Waals surface area contributed by atoms with Crippen LogP contribution in [0.3, 0.4) is 0 Å². The lowest BCUT2D eigenvalue weighted by Gasteiger charge is -2.50. The Morgan fingerprint density at radius 3 is 0.753 bits per heavy atom. The number of rotatable bonds is 34. The first kappa shape index (κ1) is 66.6. The molecule has 1 N–H and O–H groups in total. The Morgan fingerprint density at radius 2 is 0.517 bits per heavy atom. The van der Waals surface area contributed by atoms with E-state index >= 15 is 13.7 Å². The summed E-state index contributed by atoms with van der Waals surface area (Å²) in [5.74, 6) is -2.27. The molecule has 0 bridgehead atoms. The fourth-order valence-corrected chi connectivity index (χ4v) is 13.2. The third-order valence-electron chi connectivity index (χ3n) is 13.6. The summed E-state index contributed by atoms with van der Waals surface area (Å²) < 4.78 is 168. The van der Waals surface area contributed by atoms with Gasteiger partial charge in [-0.2, -0.15) is 13.2 Å². The Kier molecular flexibility index (Phi) is 25.0. The van der Waals surface area contributed by atoms with Gasteiger partial charge < -0.3 is 19.5 Å². The maximum atomic E-state index is 16.2. The minimum atomic E-state index is -5.28. The zero-order chi connectivity index (χ0) is 62.2. The van der Waals surface area contributed by atoms with Crippen LogP contribution >= 0.6 is 23.5 Å². The summed E-state index contributed by atoms with van der Waals surface area (Å²) in [6.45, 7) is -4.31. The molecule has 17 nitrogen and oxygen atoms in total. The molecule has 1 aliphatic carbocycles. The summed E-state index contributed by atoms with van der Waals surface area (Å²) in [5.41, 5.74) is 4.36. The third-order valence-corrected chi connectivity index (χ3v) is 17.8. The summed E-state index contributed by atoms with van der Waals surface area (Å²) >= 11 is 0. The van der Waals surface area contributed by atoms with Crippen molar-refractivity contribution in [3.8, 4) is 0 Å². The molecule has 0 aromatic heterocycles. The highest BCUT2D eigenvalue weighted by Gasteiger charge is 2.61. The highest BCUT2D eigenvalue weighted by atomic mass is 31.2. The van der Waals surface area contributed by atoms with Gasteiger partial charge in [-0.25, -0.2) is 13.7 Å². The lowest BCUT2D eigenvalue weighted by molar-refractivity contribution is -0.252. The van der Waals surface area contributed by atoms with E-state index in [1.54, 1.807) is 243 Å². The molecule has 1 saturated carbocycles. The molecule has 0 aliphatic heterocycles. The van der Waals surface area contributed by atoms with Crippen LogP contribution in [0.25, 0.3) is 0 Å². The van der Waals surface area contributed by atoms with Gasteiger partial charge in [0.1, 0.15) is 36.6 Å². The smallest absolute Gasteiger partial charge is 0.371 e. The van der Waals surface area contributed by atoms with Crippen molar-refractivity contribution in [2.45, 2.75) is 95.7 Å². The number of ether oxygens (including phenoxy) is 3. The minimum absolute atomic E-state index is 0.315. The normalized spacial score (nSPS) is 18.1. The van der Waals surface area contributed by atoms with E-state index in [1.807, 2.05) is 5.32 Å². The molecule has 0 heterocycles. The summed E-state index contributed by atoms with van der Waals surface area (Å²) in [6, 6.07) is 69.8. The number of phosphoric ester groups is 3. The van der Waals surface area contributed by atoms with Crippen molar-refractivity contribution in [2.24, 2.45) is 0 Å². The Labute approximate surface area is 515 Å². The average Bonchev–Trinajstić information content (AvgIpc) is 0.898. The Bertz CT molecular complexity index is 3370. The fraction of sp³-hybridized carbons (Fsp3) is 0.258. The zero-order valence-corrected chi connectivity index (χ0v) is 50.8. The predicted molar refractivity (Wildman–Crippen MR) is 324 cm³/mol. The predicted octanol–water partition coefficient (Wildman–Crippen LogP) is 15.0. The maximum Gasteiger partial charge on any atom is 0.475 e. The number of carbonyl (C=O) groups excluding carboxylic acids is 1. The van der Waals surface area contributed by atoms with E-state index < -0.39 is 85.3 Å². The first-order valence-corrected chi connectivity index (χ1v) is 32.8. The van der Waals surface area contributed by atoms with Gasteiger partial charge in [-0.3, -0.25) is 45.5 Å². The molecule has 8 aromatic rings. The largest absolute Gasteiger partial charge is 0.475 e. The molecule has 9 rings (SSSR count). The Balaban J connectivity index is 1.25. The van der Waals surface area contributed by atoms with Crippen LogP contribution in [0.1, 0.15) is 44.5 Å². The zero-order valence-electron chi connectivity index (χ0n) is 48.1. The Morgan fingerprint density at radius 1 is 0.315 bits per heavy atom.